The molecule has 45 heavy (non-hydrogen) atoms. The maximum absolute atomic E-state index is 12.5. The molecule has 0 aromatic heterocycles. The van der Waals surface area contributed by atoms with E-state index in [-0.39, 0.29) is 32.0 Å². The molecule has 10 nitrogen and oxygen atoms in total. The minimum absolute atomic E-state index is 0.211. The van der Waals surface area contributed by atoms with E-state index in [9.17, 15) is 30.0 Å². The molecule has 0 saturated carbocycles. The van der Waals surface area contributed by atoms with Crippen LogP contribution in [0.5, 0.6) is 0 Å². The van der Waals surface area contributed by atoms with E-state index in [0.29, 0.717) is 6.42 Å². The topological polar surface area (TPSA) is 152 Å². The molecular weight excluding hydrogens is 580 g/mol. The molecule has 1 heterocycles. The molecule has 6 atom stereocenters. The average molecular weight is 647 g/mol. The fraction of sp³-hybridized carbons (Fsp3) is 0.943. The first-order valence-corrected chi connectivity index (χ1v) is 18.1. The van der Waals surface area contributed by atoms with E-state index >= 15 is 0 Å². The van der Waals surface area contributed by atoms with Gasteiger partial charge in [-0.05, 0) is 12.8 Å². The second-order valence-electron chi connectivity index (χ2n) is 12.7. The molecule has 4 N–H and O–H groups in total. The molecule has 266 valence electrons. The van der Waals surface area contributed by atoms with E-state index in [1.165, 1.54) is 83.5 Å². The third kappa shape index (κ3) is 20.5. The Morgan fingerprint density at radius 3 is 1.51 bits per heavy atom. The van der Waals surface area contributed by atoms with Crippen molar-refractivity contribution >= 4 is 11.9 Å². The zero-order chi connectivity index (χ0) is 33.1. The van der Waals surface area contributed by atoms with E-state index in [0.717, 1.165) is 38.5 Å². The van der Waals surface area contributed by atoms with Crippen LogP contribution < -0.4 is 0 Å². The van der Waals surface area contributed by atoms with Crippen molar-refractivity contribution in [3.8, 4) is 0 Å². The number of aliphatic hydroxyl groups is 4. The maximum Gasteiger partial charge on any atom is 0.306 e. The number of esters is 2. The molecule has 0 amide bonds. The minimum atomic E-state index is -1.59. The smallest absolute Gasteiger partial charge is 0.306 e. The van der Waals surface area contributed by atoms with E-state index < -0.39 is 49.4 Å². The summed E-state index contributed by atoms with van der Waals surface area (Å²) >= 11 is 0. The van der Waals surface area contributed by atoms with Gasteiger partial charge in [0.05, 0.1) is 13.2 Å². The van der Waals surface area contributed by atoms with Crippen LogP contribution in [-0.4, -0.2) is 89.0 Å². The molecule has 0 aliphatic carbocycles. The summed E-state index contributed by atoms with van der Waals surface area (Å²) in [6.45, 7) is 3.35. The molecule has 0 aromatic rings. The van der Waals surface area contributed by atoms with Crippen molar-refractivity contribution in [1.82, 2.24) is 0 Å². The number of unbranched alkanes of at least 4 members (excludes halogenated alkanes) is 18. The zero-order valence-corrected chi connectivity index (χ0v) is 28.4. The van der Waals surface area contributed by atoms with Crippen LogP contribution in [0.15, 0.2) is 0 Å². The molecule has 1 rings (SSSR count). The van der Waals surface area contributed by atoms with E-state index in [4.69, 9.17) is 18.9 Å². The molecule has 1 saturated heterocycles. The minimum Gasteiger partial charge on any atom is -0.462 e. The van der Waals surface area contributed by atoms with Gasteiger partial charge in [-0.2, -0.15) is 0 Å². The van der Waals surface area contributed by atoms with Crippen LogP contribution in [0.3, 0.4) is 0 Å². The van der Waals surface area contributed by atoms with Crippen molar-refractivity contribution in [2.24, 2.45) is 0 Å². The fourth-order valence-electron chi connectivity index (χ4n) is 5.54. The third-order valence-corrected chi connectivity index (χ3v) is 8.49. The fourth-order valence-corrected chi connectivity index (χ4v) is 5.54. The summed E-state index contributed by atoms with van der Waals surface area (Å²) in [6, 6.07) is 0. The quantitative estimate of drug-likeness (QED) is 0.0573. The van der Waals surface area contributed by atoms with Crippen LogP contribution in [0.4, 0.5) is 0 Å². The first kappa shape index (κ1) is 41.7. The van der Waals surface area contributed by atoms with Gasteiger partial charge in [0.2, 0.25) is 0 Å². The second-order valence-corrected chi connectivity index (χ2v) is 12.7. The molecule has 0 radical (unpaired) electrons. The SMILES string of the molecule is CCCCCCCCCCCCCCCC(=O)OC[C@H](CO[C@@H]1O[C@H](CO)[C@H](O)[C@H](O)[C@H]1O)OC(=O)CCCCCCCCC. The Kier molecular flexibility index (Phi) is 25.8. The lowest BCUT2D eigenvalue weighted by molar-refractivity contribution is -0.305. The number of ether oxygens (including phenoxy) is 4. The summed E-state index contributed by atoms with van der Waals surface area (Å²) in [5.74, 6) is -0.808. The molecule has 0 unspecified atom stereocenters. The number of carbonyl (C=O) groups excluding carboxylic acids is 2. The van der Waals surface area contributed by atoms with Gasteiger partial charge in [-0.15, -0.1) is 0 Å². The van der Waals surface area contributed by atoms with Crippen molar-refractivity contribution in [2.45, 2.75) is 192 Å². The van der Waals surface area contributed by atoms with Crippen molar-refractivity contribution in [3.05, 3.63) is 0 Å². The van der Waals surface area contributed by atoms with Gasteiger partial charge in [0.1, 0.15) is 31.0 Å². The molecule has 0 bridgehead atoms. The lowest BCUT2D eigenvalue weighted by atomic mass is 9.99. The number of carbonyl (C=O) groups is 2. The van der Waals surface area contributed by atoms with Gasteiger partial charge >= 0.3 is 11.9 Å². The van der Waals surface area contributed by atoms with Gasteiger partial charge in [-0.1, -0.05) is 129 Å². The second kappa shape index (κ2) is 27.8. The van der Waals surface area contributed by atoms with Gasteiger partial charge in [0.15, 0.2) is 12.4 Å². The lowest BCUT2D eigenvalue weighted by Crippen LogP contribution is -2.59. The van der Waals surface area contributed by atoms with Crippen LogP contribution in [-0.2, 0) is 28.5 Å². The Morgan fingerprint density at radius 2 is 1.04 bits per heavy atom. The van der Waals surface area contributed by atoms with Gasteiger partial charge in [-0.3, -0.25) is 9.59 Å². The molecule has 0 aromatic carbocycles. The zero-order valence-electron chi connectivity index (χ0n) is 28.4. The first-order valence-electron chi connectivity index (χ1n) is 18.1. The van der Waals surface area contributed by atoms with Crippen molar-refractivity contribution in [1.29, 1.82) is 0 Å². The van der Waals surface area contributed by atoms with Gasteiger partial charge < -0.3 is 39.4 Å². The third-order valence-electron chi connectivity index (χ3n) is 8.49. The molecule has 1 aliphatic heterocycles. The molecule has 1 fully saturated rings. The average Bonchev–Trinajstić information content (AvgIpc) is 3.03. The number of aliphatic hydroxyl groups excluding tert-OH is 4. The largest absolute Gasteiger partial charge is 0.462 e. The van der Waals surface area contributed by atoms with Gasteiger partial charge in [0, 0.05) is 12.8 Å². The Bertz CT molecular complexity index is 719. The van der Waals surface area contributed by atoms with E-state index in [1.54, 1.807) is 0 Å². The molecule has 10 heteroatoms. The predicted octanol–water partition coefficient (Wildman–Crippen LogP) is 5.88. The van der Waals surface area contributed by atoms with Crippen molar-refractivity contribution < 1.29 is 49.0 Å². The molecular formula is C35H66O10. The van der Waals surface area contributed by atoms with Crippen LogP contribution >= 0.6 is 0 Å². The summed E-state index contributed by atoms with van der Waals surface area (Å²) in [7, 11) is 0. The maximum atomic E-state index is 12.5. The lowest BCUT2D eigenvalue weighted by Gasteiger charge is -2.39. The molecule has 0 spiro atoms. The number of rotatable bonds is 29. The van der Waals surface area contributed by atoms with Gasteiger partial charge in [0.25, 0.3) is 0 Å². The standard InChI is InChI=1S/C35H66O10/c1-3-5-7-9-11-12-13-14-15-16-18-19-21-23-30(37)42-26-28(44-31(38)24-22-20-17-10-8-6-4-2)27-43-35-34(41)33(40)32(39)29(25-36)45-35/h28-29,32-36,39-41H,3-27H2,1-2H3/t28-,29-,32+,33+,34-,35-/m1/s1. The highest BCUT2D eigenvalue weighted by Crippen LogP contribution is 2.22. The summed E-state index contributed by atoms with van der Waals surface area (Å²) in [4.78, 5) is 25.0. The Balaban J connectivity index is 2.38. The summed E-state index contributed by atoms with van der Waals surface area (Å²) in [5.41, 5.74) is 0. The highest BCUT2D eigenvalue weighted by Gasteiger charge is 2.44. The van der Waals surface area contributed by atoms with Crippen LogP contribution in [0.1, 0.15) is 155 Å². The van der Waals surface area contributed by atoms with E-state index in [1.807, 2.05) is 0 Å². The highest BCUT2D eigenvalue weighted by molar-refractivity contribution is 5.70. The Morgan fingerprint density at radius 1 is 0.600 bits per heavy atom. The highest BCUT2D eigenvalue weighted by atomic mass is 16.7. The summed E-state index contributed by atoms with van der Waals surface area (Å²) in [5, 5.41) is 39.7. The van der Waals surface area contributed by atoms with Gasteiger partial charge in [-0.25, -0.2) is 0 Å². The normalized spacial score (nSPS) is 22.3. The van der Waals surface area contributed by atoms with Crippen molar-refractivity contribution in [2.75, 3.05) is 19.8 Å². The predicted molar refractivity (Wildman–Crippen MR) is 173 cm³/mol. The Hall–Kier alpha value is -1.30. The first-order chi connectivity index (χ1) is 21.8. The number of hydrogen-bond acceptors (Lipinski definition) is 10. The van der Waals surface area contributed by atoms with Crippen LogP contribution in [0.25, 0.3) is 0 Å². The Labute approximate surface area is 272 Å². The number of hydrogen-bond donors (Lipinski definition) is 4. The summed E-state index contributed by atoms with van der Waals surface area (Å²) < 4.78 is 21.9. The van der Waals surface area contributed by atoms with Crippen LogP contribution in [0, 0.1) is 0 Å². The monoisotopic (exact) mass is 646 g/mol. The molecule has 1 aliphatic rings. The summed E-state index contributed by atoms with van der Waals surface area (Å²) in [6.07, 6.45) is 15.7. The van der Waals surface area contributed by atoms with Crippen molar-refractivity contribution in [3.63, 3.8) is 0 Å². The van der Waals surface area contributed by atoms with Crippen LogP contribution in [0.2, 0.25) is 0 Å². The van der Waals surface area contributed by atoms with E-state index in [2.05, 4.69) is 13.8 Å².